The molecule has 3 N–H and O–H groups in total. The van der Waals surface area contributed by atoms with Crippen molar-refractivity contribution in [3.05, 3.63) is 29.8 Å². The fraction of sp³-hybridized carbons (Fsp3) is 0.667. The maximum absolute atomic E-state index is 10.6. The van der Waals surface area contributed by atoms with Crippen molar-refractivity contribution in [2.75, 3.05) is 33.4 Å². The highest BCUT2D eigenvalue weighted by molar-refractivity contribution is 5.31. The van der Waals surface area contributed by atoms with Crippen LogP contribution < -0.4 is 5.32 Å². The molecule has 3 rings (SSSR count). The molecule has 2 fully saturated rings. The van der Waals surface area contributed by atoms with Crippen molar-refractivity contribution >= 4 is 0 Å². The molecule has 4 atom stereocenters. The lowest BCUT2D eigenvalue weighted by atomic mass is 10.1. The number of ether oxygens (including phenoxy) is 2. The quantitative estimate of drug-likeness (QED) is 0.681. The van der Waals surface area contributed by atoms with Gasteiger partial charge in [-0.1, -0.05) is 18.2 Å². The average molecular weight is 336 g/mol. The van der Waals surface area contributed by atoms with Crippen LogP contribution in [-0.4, -0.2) is 72.8 Å². The molecule has 6 heteroatoms. The number of hydrogen-bond donors (Lipinski definition) is 3. The first-order chi connectivity index (χ1) is 11.7. The van der Waals surface area contributed by atoms with E-state index in [0.29, 0.717) is 19.2 Å². The second-order valence-corrected chi connectivity index (χ2v) is 6.72. The molecule has 0 aliphatic carbocycles. The monoisotopic (exact) mass is 336 g/mol. The van der Waals surface area contributed by atoms with Crippen LogP contribution in [0.4, 0.5) is 0 Å². The van der Waals surface area contributed by atoms with Gasteiger partial charge in [0, 0.05) is 31.8 Å². The summed E-state index contributed by atoms with van der Waals surface area (Å²) in [6, 6.07) is 7.56. The second-order valence-electron chi connectivity index (χ2n) is 6.72. The van der Waals surface area contributed by atoms with E-state index in [1.165, 1.54) is 6.42 Å². The van der Waals surface area contributed by atoms with Crippen molar-refractivity contribution in [2.45, 2.75) is 43.7 Å². The van der Waals surface area contributed by atoms with Crippen LogP contribution in [-0.2, 0) is 16.0 Å². The Morgan fingerprint density at radius 2 is 2.21 bits per heavy atom. The second kappa shape index (κ2) is 8.27. The maximum Gasteiger partial charge on any atom is 0.120 e. The topological polar surface area (TPSA) is 74.2 Å². The van der Waals surface area contributed by atoms with Crippen molar-refractivity contribution in [2.24, 2.45) is 0 Å². The molecule has 24 heavy (non-hydrogen) atoms. The minimum atomic E-state index is -0.542. The number of rotatable bonds is 7. The summed E-state index contributed by atoms with van der Waals surface area (Å²) in [5.41, 5.74) is 0.827. The third kappa shape index (κ3) is 4.07. The molecule has 0 spiro atoms. The van der Waals surface area contributed by atoms with Crippen molar-refractivity contribution < 1.29 is 19.7 Å². The van der Waals surface area contributed by atoms with Crippen LogP contribution in [0.25, 0.3) is 0 Å². The summed E-state index contributed by atoms with van der Waals surface area (Å²) in [7, 11) is 1.73. The van der Waals surface area contributed by atoms with Gasteiger partial charge < -0.3 is 25.0 Å². The Morgan fingerprint density at radius 3 is 3.00 bits per heavy atom. The van der Waals surface area contributed by atoms with Crippen LogP contribution in [0.2, 0.25) is 0 Å². The minimum Gasteiger partial charge on any atom is -0.508 e. The van der Waals surface area contributed by atoms with Crippen LogP contribution in [0.15, 0.2) is 24.3 Å². The number of aliphatic hydroxyl groups excluding tert-OH is 1. The first-order valence-electron chi connectivity index (χ1n) is 8.72. The third-order valence-electron chi connectivity index (χ3n) is 5.10. The largest absolute Gasteiger partial charge is 0.508 e. The van der Waals surface area contributed by atoms with Gasteiger partial charge >= 0.3 is 0 Å². The van der Waals surface area contributed by atoms with Crippen molar-refractivity contribution in [3.8, 4) is 5.75 Å². The van der Waals surface area contributed by atoms with Crippen molar-refractivity contribution in [3.63, 3.8) is 0 Å². The van der Waals surface area contributed by atoms with Crippen LogP contribution >= 0.6 is 0 Å². The first kappa shape index (κ1) is 17.6. The number of phenolic OH excluding ortho intramolecular Hbond substituents is 1. The van der Waals surface area contributed by atoms with E-state index in [1.54, 1.807) is 19.2 Å². The van der Waals surface area contributed by atoms with Gasteiger partial charge in [-0.2, -0.15) is 0 Å². The van der Waals surface area contributed by atoms with E-state index < -0.39 is 6.10 Å². The first-order valence-corrected chi connectivity index (χ1v) is 8.72. The smallest absolute Gasteiger partial charge is 0.120 e. The van der Waals surface area contributed by atoms with E-state index in [0.717, 1.165) is 31.7 Å². The number of para-hydroxylation sites is 1. The SMILES string of the molecule is COCC1CCCN1CC1OCC(NCc2ccccc2O)C1O. The van der Waals surface area contributed by atoms with Gasteiger partial charge in [0.1, 0.15) is 5.75 Å². The van der Waals surface area contributed by atoms with Gasteiger partial charge in [0.05, 0.1) is 31.5 Å². The highest BCUT2D eigenvalue weighted by Gasteiger charge is 2.38. The number of benzene rings is 1. The molecule has 2 saturated heterocycles. The number of nitrogens with zero attached hydrogens (tertiary/aromatic N) is 1. The Balaban J connectivity index is 1.49. The molecule has 0 bridgehead atoms. The zero-order valence-electron chi connectivity index (χ0n) is 14.2. The Kier molecular flexibility index (Phi) is 6.08. The van der Waals surface area contributed by atoms with E-state index in [1.807, 2.05) is 12.1 Å². The summed E-state index contributed by atoms with van der Waals surface area (Å²) in [6.45, 7) is 3.51. The lowest BCUT2D eigenvalue weighted by Gasteiger charge is -2.28. The lowest BCUT2D eigenvalue weighted by Crippen LogP contribution is -2.46. The molecule has 0 aromatic heterocycles. The predicted molar refractivity (Wildman–Crippen MR) is 91.0 cm³/mol. The van der Waals surface area contributed by atoms with Crippen molar-refractivity contribution in [1.82, 2.24) is 10.2 Å². The summed E-state index contributed by atoms with van der Waals surface area (Å²) >= 11 is 0. The van der Waals surface area contributed by atoms with Gasteiger partial charge in [0.15, 0.2) is 0 Å². The summed E-state index contributed by atoms with van der Waals surface area (Å²) in [5.74, 6) is 0.273. The molecule has 0 amide bonds. The zero-order chi connectivity index (χ0) is 16.9. The molecule has 1 aromatic carbocycles. The molecule has 2 aliphatic heterocycles. The summed E-state index contributed by atoms with van der Waals surface area (Å²) < 4.78 is 11.1. The molecule has 1 aromatic rings. The molecular weight excluding hydrogens is 308 g/mol. The number of aromatic hydroxyl groups is 1. The minimum absolute atomic E-state index is 0.113. The number of hydrogen-bond acceptors (Lipinski definition) is 6. The number of nitrogens with one attached hydrogen (secondary N) is 1. The van der Waals surface area contributed by atoms with Gasteiger partial charge in [-0.25, -0.2) is 0 Å². The Bertz CT molecular complexity index is 527. The summed E-state index contributed by atoms with van der Waals surface area (Å²) in [4.78, 5) is 2.36. The number of methoxy groups -OCH3 is 1. The average Bonchev–Trinajstić information content (AvgIpc) is 3.16. The molecule has 0 saturated carbocycles. The van der Waals surface area contributed by atoms with Crippen molar-refractivity contribution in [1.29, 1.82) is 0 Å². The Hall–Kier alpha value is -1.18. The number of phenols is 1. The summed E-state index contributed by atoms with van der Waals surface area (Å²) in [6.07, 6.45) is 1.60. The lowest BCUT2D eigenvalue weighted by molar-refractivity contribution is 0.00450. The molecular formula is C18H28N2O4. The Morgan fingerprint density at radius 1 is 1.38 bits per heavy atom. The molecule has 6 nitrogen and oxygen atoms in total. The van der Waals surface area contributed by atoms with Crippen LogP contribution in [0.3, 0.4) is 0 Å². The van der Waals surface area contributed by atoms with Crippen LogP contribution in [0.1, 0.15) is 18.4 Å². The number of likely N-dealkylation sites (tertiary alicyclic amines) is 1. The van der Waals surface area contributed by atoms with Gasteiger partial charge in [0.25, 0.3) is 0 Å². The fourth-order valence-corrected chi connectivity index (χ4v) is 3.67. The van der Waals surface area contributed by atoms with Crippen LogP contribution in [0.5, 0.6) is 5.75 Å². The third-order valence-corrected chi connectivity index (χ3v) is 5.10. The summed E-state index contributed by atoms with van der Waals surface area (Å²) in [5, 5.41) is 23.7. The predicted octanol–water partition coefficient (Wildman–Crippen LogP) is 0.721. The molecule has 2 heterocycles. The van der Waals surface area contributed by atoms with Crippen LogP contribution in [0, 0.1) is 0 Å². The highest BCUT2D eigenvalue weighted by Crippen LogP contribution is 2.23. The standard InChI is InChI=1S/C18H28N2O4/c1-23-11-14-6-4-8-20(14)10-17-18(22)15(12-24-17)19-9-13-5-2-3-7-16(13)21/h2-3,5,7,14-15,17-19,21-22H,4,6,8-12H2,1H3. The Labute approximate surface area is 143 Å². The molecule has 4 unspecified atom stereocenters. The van der Waals surface area contributed by atoms with E-state index in [4.69, 9.17) is 9.47 Å². The van der Waals surface area contributed by atoms with E-state index in [2.05, 4.69) is 10.2 Å². The van der Waals surface area contributed by atoms with E-state index >= 15 is 0 Å². The highest BCUT2D eigenvalue weighted by atomic mass is 16.5. The maximum atomic E-state index is 10.6. The van der Waals surface area contributed by atoms with E-state index in [-0.39, 0.29) is 17.9 Å². The molecule has 134 valence electrons. The fourth-order valence-electron chi connectivity index (χ4n) is 3.67. The normalized spacial score (nSPS) is 30.9. The number of aliphatic hydroxyl groups is 1. The molecule has 2 aliphatic rings. The zero-order valence-corrected chi connectivity index (χ0v) is 14.2. The van der Waals surface area contributed by atoms with E-state index in [9.17, 15) is 10.2 Å². The van der Waals surface area contributed by atoms with Gasteiger partial charge in [-0.15, -0.1) is 0 Å². The van der Waals surface area contributed by atoms with Gasteiger partial charge in [0.2, 0.25) is 0 Å². The molecule has 0 radical (unpaired) electrons. The van der Waals surface area contributed by atoms with Gasteiger partial charge in [-0.3, -0.25) is 4.90 Å². The van der Waals surface area contributed by atoms with Gasteiger partial charge in [-0.05, 0) is 25.5 Å².